The number of aryl methyl sites for hydroxylation is 1. The van der Waals surface area contributed by atoms with Crippen molar-refractivity contribution < 1.29 is 49.3 Å². The number of ether oxygens (including phenoxy) is 3. The Kier molecular flexibility index (Phi) is 10.7. The molecule has 4 heterocycles. The molecule has 2 saturated heterocycles. The van der Waals surface area contributed by atoms with Crippen LogP contribution in [-0.4, -0.2) is 111 Å². The Hall–Kier alpha value is -4.52. The topological polar surface area (TPSA) is 209 Å². The molecule has 55 heavy (non-hydrogen) atoms. The number of anilines is 3. The van der Waals surface area contributed by atoms with Crippen LogP contribution in [0.2, 0.25) is 18.6 Å². The first-order valence-corrected chi connectivity index (χ1v) is 21.4. The number of carbonyl (C=O) groups is 2. The number of hydrogen-bond acceptors (Lipinski definition) is 12. The molecular weight excluding hydrogens is 727 g/mol. The minimum atomic E-state index is -2.50. The van der Waals surface area contributed by atoms with E-state index in [1.54, 1.807) is 41.1 Å². The maximum atomic E-state index is 15.2. The number of fused-ring (bicyclic) bond motifs is 2. The molecule has 3 aliphatic heterocycles. The molecule has 0 unspecified atom stereocenters. The van der Waals surface area contributed by atoms with E-state index in [1.165, 1.54) is 0 Å². The van der Waals surface area contributed by atoms with E-state index in [0.717, 1.165) is 10.9 Å². The number of hydrogen-bond donors (Lipinski definition) is 6. The summed E-state index contributed by atoms with van der Waals surface area (Å²) in [5.41, 5.74) is 1.11. The van der Waals surface area contributed by atoms with Gasteiger partial charge in [0.2, 0.25) is 0 Å². The quantitative estimate of drug-likeness (QED) is 0.120. The zero-order chi connectivity index (χ0) is 39.2. The fourth-order valence-electron chi connectivity index (χ4n) is 8.65. The first kappa shape index (κ1) is 38.7. The minimum Gasteiger partial charge on any atom is -0.497 e. The second-order valence-electron chi connectivity index (χ2n) is 15.0. The number of nitrogens with one attached hydrogen (secondary N) is 1. The predicted octanol–water partition coefficient (Wildman–Crippen LogP) is 1.54. The summed E-state index contributed by atoms with van der Waals surface area (Å²) in [4.78, 5) is 30.4. The highest BCUT2D eigenvalue weighted by Crippen LogP contribution is 2.61. The minimum absolute atomic E-state index is 0.0443. The molecule has 7 rings (SSSR count). The Morgan fingerprint density at radius 1 is 1.00 bits per heavy atom. The number of nitrogens with zero attached hydrogens (tertiary/aromatic N) is 4. The van der Waals surface area contributed by atoms with Crippen molar-refractivity contribution in [1.29, 1.82) is 0 Å². The van der Waals surface area contributed by atoms with Crippen molar-refractivity contribution in [2.24, 2.45) is 5.92 Å². The van der Waals surface area contributed by atoms with Crippen LogP contribution < -0.4 is 20.1 Å². The third-order valence-corrected chi connectivity index (χ3v) is 15.8. The standard InChI is InChI=1S/C39H47N5O10Si/c1-22-35(55(3,4)27-13-11-26(52-2)12-14-27)30(16-18-43-21-24(17-19-45)41-42-43)54-39(22)28-20-23(40-36(49)34-32(47)31(46)33(48)37(50)53-34)10-15-29(28)44(38(39)51)25-8-6-5-7-9-25/h5-15,20-22,30-35,37,45-48,50H,16-19H2,1-4H3,(H,40,49)/t22-,30+,31-,32-,33+,34-,35-,37+,39+/m0/s1. The summed E-state index contributed by atoms with van der Waals surface area (Å²) in [6.45, 7) is 7.02. The van der Waals surface area contributed by atoms with Crippen LogP contribution >= 0.6 is 0 Å². The van der Waals surface area contributed by atoms with Crippen molar-refractivity contribution in [3.63, 3.8) is 0 Å². The molecule has 2 fully saturated rings. The molecule has 6 N–H and O–H groups in total. The normalized spacial score (nSPS) is 29.1. The molecule has 4 aromatic rings. The van der Waals surface area contributed by atoms with E-state index in [-0.39, 0.29) is 29.7 Å². The lowest BCUT2D eigenvalue weighted by atomic mass is 9.82. The van der Waals surface area contributed by atoms with Crippen LogP contribution in [0.1, 0.15) is 24.6 Å². The number of benzene rings is 3. The molecular formula is C39H47N5O10Si. The average molecular weight is 774 g/mol. The summed E-state index contributed by atoms with van der Waals surface area (Å²) < 4.78 is 19.6. The van der Waals surface area contributed by atoms with E-state index in [4.69, 9.17) is 14.2 Å². The van der Waals surface area contributed by atoms with Gasteiger partial charge < -0.3 is 45.1 Å². The average Bonchev–Trinajstić information content (AvgIpc) is 3.84. The van der Waals surface area contributed by atoms with Crippen molar-refractivity contribution >= 4 is 42.1 Å². The summed E-state index contributed by atoms with van der Waals surface area (Å²) in [5.74, 6) is -0.771. The van der Waals surface area contributed by atoms with Crippen LogP contribution in [0.4, 0.5) is 17.1 Å². The van der Waals surface area contributed by atoms with Crippen LogP contribution in [0.15, 0.2) is 79.0 Å². The van der Waals surface area contributed by atoms with Crippen molar-refractivity contribution in [1.82, 2.24) is 15.0 Å². The second kappa shape index (κ2) is 15.2. The molecule has 0 radical (unpaired) electrons. The first-order chi connectivity index (χ1) is 26.3. The summed E-state index contributed by atoms with van der Waals surface area (Å²) >= 11 is 0. The molecule has 15 nitrogen and oxygen atoms in total. The van der Waals surface area contributed by atoms with Crippen molar-refractivity contribution in [2.75, 3.05) is 23.9 Å². The Bertz CT molecular complexity index is 2020. The van der Waals surface area contributed by atoms with E-state index in [0.29, 0.717) is 42.0 Å². The molecule has 16 heteroatoms. The van der Waals surface area contributed by atoms with Gasteiger partial charge in [-0.15, -0.1) is 5.10 Å². The van der Waals surface area contributed by atoms with Crippen LogP contribution in [0.3, 0.4) is 0 Å². The number of aliphatic hydroxyl groups excluding tert-OH is 5. The molecule has 3 aliphatic rings. The second-order valence-corrected chi connectivity index (χ2v) is 19.7. The van der Waals surface area contributed by atoms with E-state index >= 15 is 4.79 Å². The lowest BCUT2D eigenvalue weighted by molar-refractivity contribution is -0.274. The van der Waals surface area contributed by atoms with Gasteiger partial charge in [0, 0.05) is 48.6 Å². The number of methoxy groups -OCH3 is 1. The zero-order valence-corrected chi connectivity index (χ0v) is 32.0. The van der Waals surface area contributed by atoms with Gasteiger partial charge in [-0.05, 0) is 54.4 Å². The Balaban J connectivity index is 1.30. The molecule has 0 saturated carbocycles. The van der Waals surface area contributed by atoms with E-state index in [1.807, 2.05) is 42.5 Å². The molecule has 292 valence electrons. The van der Waals surface area contributed by atoms with Crippen LogP contribution in [0.25, 0.3) is 0 Å². The third kappa shape index (κ3) is 6.76. The number of aliphatic hydroxyl groups is 5. The lowest BCUT2D eigenvalue weighted by Crippen LogP contribution is -2.60. The van der Waals surface area contributed by atoms with Gasteiger partial charge in [0.25, 0.3) is 11.8 Å². The van der Waals surface area contributed by atoms with Gasteiger partial charge in [-0.2, -0.15) is 0 Å². The number of carbonyl (C=O) groups excluding carboxylic acids is 2. The summed E-state index contributed by atoms with van der Waals surface area (Å²) in [6.07, 6.45) is -6.75. The monoisotopic (exact) mass is 773 g/mol. The summed E-state index contributed by atoms with van der Waals surface area (Å²) in [7, 11) is -0.875. The molecule has 1 aromatic heterocycles. The Morgan fingerprint density at radius 2 is 1.73 bits per heavy atom. The maximum Gasteiger partial charge on any atom is 0.268 e. The largest absolute Gasteiger partial charge is 0.497 e. The molecule has 0 aliphatic carbocycles. The smallest absolute Gasteiger partial charge is 0.268 e. The number of aromatic nitrogens is 3. The van der Waals surface area contributed by atoms with Gasteiger partial charge in [0.05, 0.1) is 32.7 Å². The first-order valence-electron chi connectivity index (χ1n) is 18.4. The van der Waals surface area contributed by atoms with E-state index < -0.39 is 56.4 Å². The molecule has 2 amide bonds. The fourth-order valence-corrected chi connectivity index (χ4v) is 12.7. The van der Waals surface area contributed by atoms with Crippen LogP contribution in [0, 0.1) is 5.92 Å². The van der Waals surface area contributed by atoms with Crippen molar-refractivity contribution in [3.8, 4) is 5.75 Å². The molecule has 0 bridgehead atoms. The zero-order valence-electron chi connectivity index (χ0n) is 31.0. The van der Waals surface area contributed by atoms with E-state index in [2.05, 4.69) is 47.8 Å². The third-order valence-electron chi connectivity index (χ3n) is 11.5. The number of para-hydroxylation sites is 1. The highest BCUT2D eigenvalue weighted by atomic mass is 28.3. The maximum absolute atomic E-state index is 15.2. The van der Waals surface area contributed by atoms with Gasteiger partial charge >= 0.3 is 0 Å². The van der Waals surface area contributed by atoms with Gasteiger partial charge in [0.1, 0.15) is 24.1 Å². The van der Waals surface area contributed by atoms with Crippen molar-refractivity contribution in [3.05, 3.63) is 90.3 Å². The van der Waals surface area contributed by atoms with Crippen LogP contribution in [-0.2, 0) is 37.6 Å². The highest BCUT2D eigenvalue weighted by Gasteiger charge is 2.66. The molecule has 3 aromatic carbocycles. The number of amides is 2. The highest BCUT2D eigenvalue weighted by molar-refractivity contribution is 6.91. The summed E-state index contributed by atoms with van der Waals surface area (Å²) in [5, 5.41) is 62.5. The Morgan fingerprint density at radius 3 is 2.42 bits per heavy atom. The summed E-state index contributed by atoms with van der Waals surface area (Å²) in [6, 6.07) is 22.4. The van der Waals surface area contributed by atoms with Gasteiger partial charge in [0.15, 0.2) is 18.0 Å². The van der Waals surface area contributed by atoms with Gasteiger partial charge in [-0.25, -0.2) is 0 Å². The van der Waals surface area contributed by atoms with Crippen molar-refractivity contribution in [2.45, 2.75) is 87.4 Å². The van der Waals surface area contributed by atoms with E-state index in [9.17, 15) is 30.3 Å². The molecule has 1 spiro atoms. The number of rotatable bonds is 11. The fraction of sp³-hybridized carbons (Fsp3) is 0.436. The van der Waals surface area contributed by atoms with Gasteiger partial charge in [-0.3, -0.25) is 19.2 Å². The SMILES string of the molecule is COc1ccc([Si](C)(C)[C@@H]2[C@@H](CCn3cc(CCO)nn3)O[C@]3(C(=O)N(c4ccccc4)c4ccc(NC(=O)[C@H]5O[C@@H](O)[C@H](O)[C@@H](O)[C@@H]5O)cc43)[C@H]2C)cc1. The predicted molar refractivity (Wildman–Crippen MR) is 203 cm³/mol. The van der Waals surface area contributed by atoms with Gasteiger partial charge in [-0.1, -0.05) is 60.7 Å². The lowest BCUT2D eigenvalue weighted by Gasteiger charge is -2.37. The molecule has 9 atom stereocenters. The van der Waals surface area contributed by atoms with Crippen LogP contribution in [0.5, 0.6) is 5.75 Å². The Labute approximate surface area is 319 Å².